The lowest BCUT2D eigenvalue weighted by molar-refractivity contribution is -0.139. The van der Waals surface area contributed by atoms with E-state index in [1.165, 1.54) is 70.6 Å². The summed E-state index contributed by atoms with van der Waals surface area (Å²) < 4.78 is 0. The van der Waals surface area contributed by atoms with Crippen LogP contribution < -0.4 is 16.0 Å². The highest BCUT2D eigenvalue weighted by Gasteiger charge is 2.13. The number of hydrogen-bond donors (Lipinski definition) is 4. The number of aliphatic carboxylic acids is 1. The average molecular weight is 512 g/mol. The molecule has 0 spiro atoms. The van der Waals surface area contributed by atoms with Gasteiger partial charge in [-0.3, -0.25) is 14.4 Å². The predicted octanol–water partition coefficient (Wildman–Crippen LogP) is 6.10. The van der Waals surface area contributed by atoms with Crippen LogP contribution in [-0.4, -0.2) is 49.1 Å². The van der Waals surface area contributed by atoms with Crippen molar-refractivity contribution in [1.29, 1.82) is 0 Å². The highest BCUT2D eigenvalue weighted by molar-refractivity contribution is 5.76. The van der Waals surface area contributed by atoms with Crippen molar-refractivity contribution in [3.8, 4) is 0 Å². The summed E-state index contributed by atoms with van der Waals surface area (Å²) in [6.45, 7) is 3.54. The molecule has 0 aromatic rings. The predicted molar refractivity (Wildman–Crippen MR) is 149 cm³/mol. The third-order valence-electron chi connectivity index (χ3n) is 6.80. The molecule has 2 amide bonds. The first-order valence-electron chi connectivity index (χ1n) is 14.9. The quantitative estimate of drug-likeness (QED) is 0.0996. The van der Waals surface area contributed by atoms with Gasteiger partial charge in [0, 0.05) is 25.9 Å². The second kappa shape index (κ2) is 26.4. The van der Waals surface area contributed by atoms with Gasteiger partial charge < -0.3 is 21.1 Å². The number of hydrogen-bond acceptors (Lipinski definition) is 4. The van der Waals surface area contributed by atoms with E-state index in [0.717, 1.165) is 44.9 Å². The van der Waals surface area contributed by atoms with Crippen molar-refractivity contribution in [2.24, 2.45) is 0 Å². The van der Waals surface area contributed by atoms with E-state index in [9.17, 15) is 14.4 Å². The van der Waals surface area contributed by atoms with Crippen molar-refractivity contribution < 1.29 is 19.5 Å². The summed E-state index contributed by atoms with van der Waals surface area (Å²) in [5.74, 6) is -0.638. The van der Waals surface area contributed by atoms with Crippen molar-refractivity contribution in [2.45, 2.75) is 148 Å². The number of nitrogens with one attached hydrogen (secondary N) is 3. The van der Waals surface area contributed by atoms with Gasteiger partial charge in [-0.25, -0.2) is 0 Å². The van der Waals surface area contributed by atoms with Crippen LogP contribution in [0.25, 0.3) is 0 Å². The summed E-state index contributed by atoms with van der Waals surface area (Å²) in [6, 6.07) is -0.518. The largest absolute Gasteiger partial charge is 0.480 e. The minimum Gasteiger partial charge on any atom is -0.480 e. The topological polar surface area (TPSA) is 108 Å². The molecule has 0 aliphatic rings. The molecule has 0 saturated carbocycles. The number of rotatable bonds is 27. The standard InChI is InChI=1S/C29H57N3O4/c1-3-4-5-6-7-8-9-10-11-12-13-14-16-22-27(33)31-24-19-15-17-23-28(34)32-25-20-18-21-26(30-2)29(35)36/h26,30H,3-25H2,1-2H3,(H,31,33)(H,32,34)(H,35,36)/t26-/m0/s1. The molecule has 0 aromatic carbocycles. The third kappa shape index (κ3) is 24.1. The molecule has 0 aromatic heterocycles. The zero-order valence-electron chi connectivity index (χ0n) is 23.5. The minimum absolute atomic E-state index is 0.0462. The highest BCUT2D eigenvalue weighted by Crippen LogP contribution is 2.13. The summed E-state index contributed by atoms with van der Waals surface area (Å²) in [5, 5.41) is 17.6. The molecular formula is C29H57N3O4. The molecule has 1 atom stereocenters. The molecule has 0 aliphatic carbocycles. The first kappa shape index (κ1) is 34.4. The molecule has 0 fully saturated rings. The molecule has 212 valence electrons. The van der Waals surface area contributed by atoms with Gasteiger partial charge in [-0.1, -0.05) is 90.4 Å². The van der Waals surface area contributed by atoms with Crippen LogP contribution in [0.1, 0.15) is 142 Å². The van der Waals surface area contributed by atoms with E-state index in [-0.39, 0.29) is 11.8 Å². The Morgan fingerprint density at radius 3 is 1.39 bits per heavy atom. The van der Waals surface area contributed by atoms with Crippen LogP contribution in [0.5, 0.6) is 0 Å². The molecule has 7 heteroatoms. The van der Waals surface area contributed by atoms with Gasteiger partial charge in [0.05, 0.1) is 0 Å². The number of carboxylic acids is 1. The lowest BCUT2D eigenvalue weighted by Crippen LogP contribution is -2.33. The van der Waals surface area contributed by atoms with Gasteiger partial charge in [-0.15, -0.1) is 0 Å². The normalized spacial score (nSPS) is 11.8. The Hall–Kier alpha value is -1.63. The van der Waals surface area contributed by atoms with Gasteiger partial charge >= 0.3 is 5.97 Å². The molecule has 4 N–H and O–H groups in total. The van der Waals surface area contributed by atoms with E-state index in [1.807, 2.05) is 0 Å². The molecule has 0 aliphatic heterocycles. The summed E-state index contributed by atoms with van der Waals surface area (Å²) in [5.41, 5.74) is 0. The number of likely N-dealkylation sites (N-methyl/N-ethyl adjacent to an activating group) is 1. The molecule has 0 heterocycles. The molecule has 36 heavy (non-hydrogen) atoms. The fourth-order valence-corrected chi connectivity index (χ4v) is 4.39. The fourth-order valence-electron chi connectivity index (χ4n) is 4.39. The lowest BCUT2D eigenvalue weighted by Gasteiger charge is -2.10. The van der Waals surface area contributed by atoms with Crippen molar-refractivity contribution in [3.05, 3.63) is 0 Å². The summed E-state index contributed by atoms with van der Waals surface area (Å²) in [6.07, 6.45) is 23.0. The van der Waals surface area contributed by atoms with Crippen molar-refractivity contribution >= 4 is 17.8 Å². The van der Waals surface area contributed by atoms with Crippen LogP contribution in [0.2, 0.25) is 0 Å². The van der Waals surface area contributed by atoms with Crippen LogP contribution in [0.3, 0.4) is 0 Å². The number of amides is 2. The van der Waals surface area contributed by atoms with Crippen molar-refractivity contribution in [2.75, 3.05) is 20.1 Å². The lowest BCUT2D eigenvalue weighted by atomic mass is 10.0. The Balaban J connectivity index is 3.35. The maximum atomic E-state index is 11.9. The molecule has 0 saturated heterocycles. The molecule has 0 rings (SSSR count). The van der Waals surface area contributed by atoms with Crippen LogP contribution in [0.15, 0.2) is 0 Å². The van der Waals surface area contributed by atoms with E-state index >= 15 is 0 Å². The second-order valence-electron chi connectivity index (χ2n) is 10.2. The van der Waals surface area contributed by atoms with Crippen LogP contribution in [-0.2, 0) is 14.4 Å². The van der Waals surface area contributed by atoms with Gasteiger partial charge in [0.15, 0.2) is 0 Å². The van der Waals surface area contributed by atoms with Crippen LogP contribution in [0, 0.1) is 0 Å². The molecule has 7 nitrogen and oxygen atoms in total. The minimum atomic E-state index is -0.836. The SMILES string of the molecule is CCCCCCCCCCCCCCCC(=O)NCCCCCC(=O)NCCCC[C@H](NC)C(=O)O. The summed E-state index contributed by atoms with van der Waals surface area (Å²) in [4.78, 5) is 34.7. The Kier molecular flexibility index (Phi) is 25.2. The maximum absolute atomic E-state index is 11.9. The Bertz CT molecular complexity index is 543. The summed E-state index contributed by atoms with van der Waals surface area (Å²) in [7, 11) is 1.65. The Morgan fingerprint density at radius 1 is 0.583 bits per heavy atom. The average Bonchev–Trinajstić information content (AvgIpc) is 2.86. The Labute approximate surface area is 221 Å². The summed E-state index contributed by atoms with van der Waals surface area (Å²) >= 11 is 0. The van der Waals surface area contributed by atoms with E-state index in [0.29, 0.717) is 32.4 Å². The third-order valence-corrected chi connectivity index (χ3v) is 6.80. The monoisotopic (exact) mass is 511 g/mol. The van der Waals surface area contributed by atoms with Crippen molar-refractivity contribution in [3.63, 3.8) is 0 Å². The number of carbonyl (C=O) groups excluding carboxylic acids is 2. The van der Waals surface area contributed by atoms with E-state index in [1.54, 1.807) is 7.05 Å². The first-order chi connectivity index (χ1) is 17.5. The molecular weight excluding hydrogens is 454 g/mol. The van der Waals surface area contributed by atoms with Gasteiger partial charge in [0.2, 0.25) is 11.8 Å². The van der Waals surface area contributed by atoms with Crippen molar-refractivity contribution in [1.82, 2.24) is 16.0 Å². The zero-order valence-corrected chi connectivity index (χ0v) is 23.5. The van der Waals surface area contributed by atoms with E-state index in [2.05, 4.69) is 22.9 Å². The molecule has 0 radical (unpaired) electrons. The molecule has 0 bridgehead atoms. The molecule has 0 unspecified atom stereocenters. The van der Waals surface area contributed by atoms with E-state index in [4.69, 9.17) is 5.11 Å². The Morgan fingerprint density at radius 2 is 0.972 bits per heavy atom. The maximum Gasteiger partial charge on any atom is 0.320 e. The van der Waals surface area contributed by atoms with Gasteiger partial charge in [0.25, 0.3) is 0 Å². The van der Waals surface area contributed by atoms with E-state index < -0.39 is 12.0 Å². The smallest absolute Gasteiger partial charge is 0.320 e. The number of unbranched alkanes of at least 4 members (excludes halogenated alkanes) is 15. The van der Waals surface area contributed by atoms with Crippen LogP contribution in [0.4, 0.5) is 0 Å². The number of carboxylic acid groups (broad SMARTS) is 1. The number of carbonyl (C=O) groups is 3. The van der Waals surface area contributed by atoms with Gasteiger partial charge in [0.1, 0.15) is 6.04 Å². The van der Waals surface area contributed by atoms with Gasteiger partial charge in [-0.05, 0) is 45.6 Å². The highest BCUT2D eigenvalue weighted by atomic mass is 16.4. The fraction of sp³-hybridized carbons (Fsp3) is 0.897. The zero-order chi connectivity index (χ0) is 26.7. The second-order valence-corrected chi connectivity index (χ2v) is 10.2. The first-order valence-corrected chi connectivity index (χ1v) is 14.9. The van der Waals surface area contributed by atoms with Gasteiger partial charge in [-0.2, -0.15) is 0 Å². The van der Waals surface area contributed by atoms with Crippen LogP contribution >= 0.6 is 0 Å².